The van der Waals surface area contributed by atoms with Crippen molar-refractivity contribution in [1.29, 1.82) is 0 Å². The first-order valence-corrected chi connectivity index (χ1v) is 6.47. The highest BCUT2D eigenvalue weighted by Crippen LogP contribution is 2.20. The van der Waals surface area contributed by atoms with Crippen LogP contribution in [0.15, 0.2) is 18.5 Å². The molecule has 6 nitrogen and oxygen atoms in total. The van der Waals surface area contributed by atoms with Gasteiger partial charge in [0.15, 0.2) is 0 Å². The Hall–Kier alpha value is -2.11. The molecule has 2 aromatic heterocycles. The van der Waals surface area contributed by atoms with E-state index < -0.39 is 0 Å². The molecule has 0 aliphatic carbocycles. The molecule has 0 unspecified atom stereocenters. The molecule has 102 valence electrons. The largest absolute Gasteiger partial charge is 0.370 e. The number of nitrogens with one attached hydrogen (secondary N) is 2. The second-order valence-corrected chi connectivity index (χ2v) is 4.71. The molecule has 0 saturated carbocycles. The van der Waals surface area contributed by atoms with Gasteiger partial charge >= 0.3 is 0 Å². The van der Waals surface area contributed by atoms with Crippen LogP contribution in [0.3, 0.4) is 0 Å². The summed E-state index contributed by atoms with van der Waals surface area (Å²) in [6, 6.07) is 1.91. The van der Waals surface area contributed by atoms with Gasteiger partial charge in [-0.3, -0.25) is 4.68 Å². The fraction of sp³-hybridized carbons (Fsp3) is 0.462. The Bertz CT molecular complexity index is 546. The van der Waals surface area contributed by atoms with Gasteiger partial charge in [0.2, 0.25) is 0 Å². The monoisotopic (exact) mass is 260 g/mol. The van der Waals surface area contributed by atoms with E-state index in [1.807, 2.05) is 26.2 Å². The van der Waals surface area contributed by atoms with Gasteiger partial charge in [-0.1, -0.05) is 13.8 Å². The van der Waals surface area contributed by atoms with E-state index in [4.69, 9.17) is 0 Å². The zero-order valence-electron chi connectivity index (χ0n) is 11.8. The van der Waals surface area contributed by atoms with Gasteiger partial charge in [0.05, 0.1) is 11.9 Å². The van der Waals surface area contributed by atoms with Crippen LogP contribution in [-0.4, -0.2) is 26.3 Å². The molecule has 0 saturated heterocycles. The summed E-state index contributed by atoms with van der Waals surface area (Å²) >= 11 is 0. The first kappa shape index (κ1) is 13.3. The number of aryl methyl sites for hydroxylation is 1. The number of rotatable bonds is 5. The van der Waals surface area contributed by atoms with E-state index in [0.717, 1.165) is 29.7 Å². The molecule has 0 bridgehead atoms. The van der Waals surface area contributed by atoms with Crippen LogP contribution in [0.4, 0.5) is 17.3 Å². The Balaban J connectivity index is 2.27. The van der Waals surface area contributed by atoms with Crippen LogP contribution in [0.1, 0.15) is 32.5 Å². The summed E-state index contributed by atoms with van der Waals surface area (Å²) in [5.74, 6) is 2.73. The molecular weight excluding hydrogens is 240 g/mol. The Kier molecular flexibility index (Phi) is 3.99. The number of hydrogen-bond donors (Lipinski definition) is 2. The van der Waals surface area contributed by atoms with E-state index in [1.54, 1.807) is 10.9 Å². The van der Waals surface area contributed by atoms with Gasteiger partial charge in [-0.25, -0.2) is 9.97 Å². The number of anilines is 3. The minimum atomic E-state index is 0.285. The molecule has 2 aromatic rings. The molecular formula is C13H20N6. The van der Waals surface area contributed by atoms with Crippen molar-refractivity contribution in [3.8, 4) is 0 Å². The molecule has 0 aromatic carbocycles. The molecule has 2 rings (SSSR count). The Labute approximate surface area is 113 Å². The molecule has 2 heterocycles. The third-order valence-electron chi connectivity index (χ3n) is 2.60. The van der Waals surface area contributed by atoms with Crippen LogP contribution in [-0.2, 0) is 7.05 Å². The van der Waals surface area contributed by atoms with Crippen LogP contribution < -0.4 is 10.6 Å². The third kappa shape index (κ3) is 3.43. The number of hydrogen-bond acceptors (Lipinski definition) is 5. The van der Waals surface area contributed by atoms with Crippen molar-refractivity contribution < 1.29 is 0 Å². The maximum atomic E-state index is 4.52. The molecule has 0 spiro atoms. The quantitative estimate of drug-likeness (QED) is 0.864. The van der Waals surface area contributed by atoms with Gasteiger partial charge < -0.3 is 10.6 Å². The van der Waals surface area contributed by atoms with E-state index in [0.29, 0.717) is 0 Å². The summed E-state index contributed by atoms with van der Waals surface area (Å²) in [4.78, 5) is 9.01. The van der Waals surface area contributed by atoms with Crippen LogP contribution in [0.25, 0.3) is 0 Å². The highest BCUT2D eigenvalue weighted by molar-refractivity contribution is 5.57. The molecule has 2 N–H and O–H groups in total. The summed E-state index contributed by atoms with van der Waals surface area (Å²) in [7, 11) is 1.88. The lowest BCUT2D eigenvalue weighted by Crippen LogP contribution is -2.07. The van der Waals surface area contributed by atoms with Crippen LogP contribution in [0.5, 0.6) is 0 Å². The van der Waals surface area contributed by atoms with E-state index in [1.165, 1.54) is 0 Å². The zero-order chi connectivity index (χ0) is 13.8. The van der Waals surface area contributed by atoms with Gasteiger partial charge in [-0.15, -0.1) is 0 Å². The minimum absolute atomic E-state index is 0.285. The van der Waals surface area contributed by atoms with Gasteiger partial charge in [0.25, 0.3) is 0 Å². The smallest absolute Gasteiger partial charge is 0.136 e. The van der Waals surface area contributed by atoms with E-state index in [2.05, 4.69) is 39.5 Å². The summed E-state index contributed by atoms with van der Waals surface area (Å²) < 4.78 is 1.75. The topological polar surface area (TPSA) is 67.7 Å². The average Bonchev–Trinajstić information content (AvgIpc) is 2.75. The molecule has 0 amide bonds. The lowest BCUT2D eigenvalue weighted by molar-refractivity contribution is 0.768. The summed E-state index contributed by atoms with van der Waals surface area (Å²) in [6.45, 7) is 7.05. The third-order valence-corrected chi connectivity index (χ3v) is 2.60. The molecule has 19 heavy (non-hydrogen) atoms. The van der Waals surface area contributed by atoms with Crippen molar-refractivity contribution in [1.82, 2.24) is 19.7 Å². The number of nitrogens with zero attached hydrogens (tertiary/aromatic N) is 4. The Morgan fingerprint density at radius 1 is 1.26 bits per heavy atom. The van der Waals surface area contributed by atoms with E-state index in [-0.39, 0.29) is 5.92 Å². The van der Waals surface area contributed by atoms with E-state index in [9.17, 15) is 0 Å². The van der Waals surface area contributed by atoms with Crippen molar-refractivity contribution in [3.63, 3.8) is 0 Å². The molecule has 0 aliphatic heterocycles. The molecule has 0 radical (unpaired) electrons. The van der Waals surface area contributed by atoms with Gasteiger partial charge in [-0.05, 0) is 6.92 Å². The summed E-state index contributed by atoms with van der Waals surface area (Å²) in [5.41, 5.74) is 0.915. The maximum absolute atomic E-state index is 4.52. The van der Waals surface area contributed by atoms with Crippen LogP contribution in [0.2, 0.25) is 0 Å². The Morgan fingerprint density at radius 2 is 2.00 bits per heavy atom. The summed E-state index contributed by atoms with van der Waals surface area (Å²) in [5, 5.41) is 10.6. The van der Waals surface area contributed by atoms with Crippen LogP contribution >= 0.6 is 0 Å². The lowest BCUT2D eigenvalue weighted by atomic mass is 10.2. The second kappa shape index (κ2) is 5.69. The first-order chi connectivity index (χ1) is 9.08. The van der Waals surface area contributed by atoms with Gasteiger partial charge in [0.1, 0.15) is 17.5 Å². The molecule has 0 aliphatic rings. The summed E-state index contributed by atoms with van der Waals surface area (Å²) in [6.07, 6.45) is 3.67. The van der Waals surface area contributed by atoms with Crippen molar-refractivity contribution >= 4 is 17.3 Å². The molecule has 0 fully saturated rings. The standard InChI is InChI=1S/C13H20N6/c1-5-14-11-6-12(18-13(17-11)9(2)3)16-10-7-15-19(4)8-10/h6-9H,5H2,1-4H3,(H2,14,16,17,18). The van der Waals surface area contributed by atoms with E-state index >= 15 is 0 Å². The highest BCUT2D eigenvalue weighted by Gasteiger charge is 2.08. The SMILES string of the molecule is CCNc1cc(Nc2cnn(C)c2)nc(C(C)C)n1. The van der Waals surface area contributed by atoms with Crippen molar-refractivity contribution in [3.05, 3.63) is 24.3 Å². The van der Waals surface area contributed by atoms with Gasteiger partial charge in [-0.2, -0.15) is 5.10 Å². The molecule has 0 atom stereocenters. The first-order valence-electron chi connectivity index (χ1n) is 6.47. The second-order valence-electron chi connectivity index (χ2n) is 4.71. The highest BCUT2D eigenvalue weighted by atomic mass is 15.3. The maximum Gasteiger partial charge on any atom is 0.136 e. The zero-order valence-corrected chi connectivity index (χ0v) is 11.8. The Morgan fingerprint density at radius 3 is 2.58 bits per heavy atom. The van der Waals surface area contributed by atoms with Crippen LogP contribution in [0, 0.1) is 0 Å². The van der Waals surface area contributed by atoms with Gasteiger partial charge in [0, 0.05) is 31.8 Å². The molecule has 6 heteroatoms. The lowest BCUT2D eigenvalue weighted by Gasteiger charge is -2.11. The van der Waals surface area contributed by atoms with Crippen molar-refractivity contribution in [2.75, 3.05) is 17.2 Å². The fourth-order valence-electron chi connectivity index (χ4n) is 1.69. The van der Waals surface area contributed by atoms with Crippen molar-refractivity contribution in [2.24, 2.45) is 7.05 Å². The number of aromatic nitrogens is 4. The average molecular weight is 260 g/mol. The van der Waals surface area contributed by atoms with Crippen molar-refractivity contribution in [2.45, 2.75) is 26.7 Å². The fourth-order valence-corrected chi connectivity index (χ4v) is 1.69. The normalized spacial score (nSPS) is 10.8. The predicted octanol–water partition coefficient (Wildman–Crippen LogP) is 2.51. The minimum Gasteiger partial charge on any atom is -0.370 e. The predicted molar refractivity (Wildman–Crippen MR) is 76.8 cm³/mol.